The van der Waals surface area contributed by atoms with Gasteiger partial charge in [-0.2, -0.15) is 0 Å². The molecule has 23 heavy (non-hydrogen) atoms. The minimum Gasteiger partial charge on any atom is -0.326 e. The third-order valence-electron chi connectivity index (χ3n) is 3.71. The van der Waals surface area contributed by atoms with Gasteiger partial charge in [0.05, 0.1) is 10.9 Å². The first kappa shape index (κ1) is 16.2. The van der Waals surface area contributed by atoms with E-state index in [1.807, 2.05) is 17.5 Å². The molecule has 5 nitrogen and oxygen atoms in total. The number of carbonyl (C=O) groups excluding carboxylic acids is 1. The molecule has 1 fully saturated rings. The number of carbonyl (C=O) groups is 1. The van der Waals surface area contributed by atoms with Gasteiger partial charge >= 0.3 is 0 Å². The van der Waals surface area contributed by atoms with Crippen LogP contribution in [0.25, 0.3) is 0 Å². The van der Waals surface area contributed by atoms with Crippen LogP contribution in [0.5, 0.6) is 0 Å². The molecule has 0 bridgehead atoms. The second-order valence-corrected chi connectivity index (χ2v) is 8.35. The predicted molar refractivity (Wildman–Crippen MR) is 90.9 cm³/mol. The zero-order chi connectivity index (χ0) is 16.4. The fourth-order valence-electron chi connectivity index (χ4n) is 2.44. The smallest absolute Gasteiger partial charge is 0.241 e. The van der Waals surface area contributed by atoms with Gasteiger partial charge in [-0.25, -0.2) is 13.1 Å². The summed E-state index contributed by atoms with van der Waals surface area (Å²) in [6, 6.07) is 9.94. The molecule has 1 aliphatic carbocycles. The monoisotopic (exact) mass is 350 g/mol. The van der Waals surface area contributed by atoms with Gasteiger partial charge in [-0.05, 0) is 54.5 Å². The van der Waals surface area contributed by atoms with E-state index in [9.17, 15) is 13.2 Å². The van der Waals surface area contributed by atoms with E-state index in [-0.39, 0.29) is 16.8 Å². The first-order valence-corrected chi connectivity index (χ1v) is 9.75. The average molecular weight is 350 g/mol. The summed E-state index contributed by atoms with van der Waals surface area (Å²) >= 11 is 1.57. The summed E-state index contributed by atoms with van der Waals surface area (Å²) in [6.07, 6.45) is 2.10. The molecule has 3 rings (SSSR count). The number of nitrogens with one attached hydrogen (secondary N) is 2. The Bertz CT molecular complexity index is 779. The summed E-state index contributed by atoms with van der Waals surface area (Å²) in [7, 11) is -3.59. The van der Waals surface area contributed by atoms with E-state index >= 15 is 0 Å². The van der Waals surface area contributed by atoms with Gasteiger partial charge in [0.15, 0.2) is 0 Å². The molecule has 0 spiro atoms. The lowest BCUT2D eigenvalue weighted by Crippen LogP contribution is -2.29. The molecule has 1 heterocycles. The summed E-state index contributed by atoms with van der Waals surface area (Å²) in [4.78, 5) is 12.3. The van der Waals surface area contributed by atoms with Gasteiger partial charge in [-0.15, -0.1) is 11.3 Å². The molecule has 0 unspecified atom stereocenters. The van der Waals surface area contributed by atoms with Crippen LogP contribution in [0.15, 0.2) is 46.7 Å². The van der Waals surface area contributed by atoms with Crippen LogP contribution in [0.2, 0.25) is 0 Å². The van der Waals surface area contributed by atoms with Crippen LogP contribution in [-0.2, 0) is 14.8 Å². The van der Waals surface area contributed by atoms with Crippen molar-refractivity contribution >= 4 is 33.0 Å². The Morgan fingerprint density at radius 3 is 2.43 bits per heavy atom. The summed E-state index contributed by atoms with van der Waals surface area (Å²) in [6.45, 7) is 1.41. The van der Waals surface area contributed by atoms with Crippen LogP contribution in [0, 0.1) is 5.92 Å². The Morgan fingerprint density at radius 1 is 1.22 bits per heavy atom. The zero-order valence-electron chi connectivity index (χ0n) is 12.7. The molecule has 1 aromatic carbocycles. The maximum atomic E-state index is 12.6. The first-order chi connectivity index (χ1) is 11.0. The molecular formula is C16H18N2O3S2. The molecule has 0 saturated heterocycles. The lowest BCUT2D eigenvalue weighted by molar-refractivity contribution is -0.114. The fraction of sp³-hybridized carbons (Fsp3) is 0.312. The van der Waals surface area contributed by atoms with Crippen molar-refractivity contribution in [2.24, 2.45) is 5.92 Å². The predicted octanol–water partition coefficient (Wildman–Crippen LogP) is 3.14. The van der Waals surface area contributed by atoms with E-state index < -0.39 is 10.0 Å². The van der Waals surface area contributed by atoms with E-state index in [0.29, 0.717) is 11.6 Å². The largest absolute Gasteiger partial charge is 0.326 e. The molecular weight excluding hydrogens is 332 g/mol. The highest BCUT2D eigenvalue weighted by atomic mass is 32.2. The van der Waals surface area contributed by atoms with Gasteiger partial charge in [-0.3, -0.25) is 4.79 Å². The molecule has 7 heteroatoms. The highest BCUT2D eigenvalue weighted by molar-refractivity contribution is 7.89. The third kappa shape index (κ3) is 3.99. The molecule has 2 aromatic rings. The standard InChI is InChI=1S/C16H18N2O3S2/c1-11(19)17-13-6-8-14(9-7-13)23(20,21)18-16(12-4-5-12)15-3-2-10-22-15/h2-3,6-10,12,16,18H,4-5H2,1H3,(H,17,19)/t16-/m0/s1. The van der Waals surface area contributed by atoms with E-state index in [2.05, 4.69) is 10.0 Å². The van der Waals surface area contributed by atoms with Gasteiger partial charge < -0.3 is 5.32 Å². The number of sulfonamides is 1. The third-order valence-corrected chi connectivity index (χ3v) is 6.12. The van der Waals surface area contributed by atoms with Crippen LogP contribution < -0.4 is 10.0 Å². The minimum absolute atomic E-state index is 0.157. The van der Waals surface area contributed by atoms with E-state index in [4.69, 9.17) is 0 Å². The van der Waals surface area contributed by atoms with Crippen molar-refractivity contribution in [2.75, 3.05) is 5.32 Å². The SMILES string of the molecule is CC(=O)Nc1ccc(S(=O)(=O)N[C@H](c2cccs2)C2CC2)cc1. The minimum atomic E-state index is -3.59. The maximum absolute atomic E-state index is 12.6. The maximum Gasteiger partial charge on any atom is 0.241 e. The van der Waals surface area contributed by atoms with Crippen LogP contribution in [0.4, 0.5) is 5.69 Å². The normalized spacial score (nSPS) is 16.0. The quantitative estimate of drug-likeness (QED) is 0.840. The molecule has 1 amide bonds. The molecule has 0 aliphatic heterocycles. The number of amides is 1. The lowest BCUT2D eigenvalue weighted by Gasteiger charge is -2.17. The molecule has 1 aromatic heterocycles. The van der Waals surface area contributed by atoms with E-state index in [1.165, 1.54) is 19.1 Å². The van der Waals surface area contributed by atoms with Crippen molar-refractivity contribution < 1.29 is 13.2 Å². The van der Waals surface area contributed by atoms with Crippen LogP contribution in [-0.4, -0.2) is 14.3 Å². The van der Waals surface area contributed by atoms with Crippen molar-refractivity contribution in [2.45, 2.75) is 30.7 Å². The van der Waals surface area contributed by atoms with Crippen molar-refractivity contribution in [1.82, 2.24) is 4.72 Å². The number of rotatable bonds is 6. The van der Waals surface area contributed by atoms with Crippen LogP contribution in [0.3, 0.4) is 0 Å². The molecule has 122 valence electrons. The second-order valence-electron chi connectivity index (χ2n) is 5.66. The van der Waals surface area contributed by atoms with Crippen molar-refractivity contribution in [1.29, 1.82) is 0 Å². The lowest BCUT2D eigenvalue weighted by atomic mass is 10.2. The Kier molecular flexibility index (Phi) is 4.52. The van der Waals surface area contributed by atoms with Gasteiger partial charge in [0.1, 0.15) is 0 Å². The molecule has 1 atom stereocenters. The Hall–Kier alpha value is -1.70. The van der Waals surface area contributed by atoms with Crippen molar-refractivity contribution in [3.63, 3.8) is 0 Å². The number of hydrogen-bond donors (Lipinski definition) is 2. The Balaban J connectivity index is 1.79. The van der Waals surface area contributed by atoms with E-state index in [0.717, 1.165) is 17.7 Å². The highest BCUT2D eigenvalue weighted by Gasteiger charge is 2.35. The van der Waals surface area contributed by atoms with Crippen molar-refractivity contribution in [3.05, 3.63) is 46.7 Å². The average Bonchev–Trinajstić information content (AvgIpc) is 3.19. The number of anilines is 1. The summed E-state index contributed by atoms with van der Waals surface area (Å²) in [5.41, 5.74) is 0.577. The summed E-state index contributed by atoms with van der Waals surface area (Å²) in [5.74, 6) is 0.187. The Morgan fingerprint density at radius 2 is 1.91 bits per heavy atom. The Labute approximate surface area is 139 Å². The first-order valence-electron chi connectivity index (χ1n) is 7.39. The molecule has 0 radical (unpaired) electrons. The summed E-state index contributed by atoms with van der Waals surface area (Å²) in [5, 5.41) is 4.58. The fourth-order valence-corrected chi connectivity index (χ4v) is 4.67. The second kappa shape index (κ2) is 6.43. The van der Waals surface area contributed by atoms with E-state index in [1.54, 1.807) is 23.5 Å². The molecule has 1 saturated carbocycles. The topological polar surface area (TPSA) is 75.3 Å². The van der Waals surface area contributed by atoms with Gasteiger partial charge in [0.25, 0.3) is 0 Å². The number of hydrogen-bond acceptors (Lipinski definition) is 4. The molecule has 1 aliphatic rings. The van der Waals surface area contributed by atoms with Crippen LogP contribution in [0.1, 0.15) is 30.7 Å². The number of thiophene rings is 1. The van der Waals surface area contributed by atoms with Gasteiger partial charge in [0.2, 0.25) is 15.9 Å². The zero-order valence-corrected chi connectivity index (χ0v) is 14.3. The van der Waals surface area contributed by atoms with Crippen molar-refractivity contribution in [3.8, 4) is 0 Å². The highest BCUT2D eigenvalue weighted by Crippen LogP contribution is 2.43. The molecule has 2 N–H and O–H groups in total. The van der Waals surface area contributed by atoms with Gasteiger partial charge in [0, 0.05) is 17.5 Å². The summed E-state index contributed by atoms with van der Waals surface area (Å²) < 4.78 is 28.0. The van der Waals surface area contributed by atoms with Crippen LogP contribution >= 0.6 is 11.3 Å². The van der Waals surface area contributed by atoms with Gasteiger partial charge in [-0.1, -0.05) is 6.07 Å². The number of benzene rings is 1.